The van der Waals surface area contributed by atoms with Gasteiger partial charge in [-0.1, -0.05) is 12.1 Å². The highest BCUT2D eigenvalue weighted by atomic mass is 35.5. The Balaban J connectivity index is 3.03. The number of alkyl halides is 1. The second-order valence-electron chi connectivity index (χ2n) is 3.26. The van der Waals surface area contributed by atoms with Gasteiger partial charge in [-0.05, 0) is 12.1 Å². The summed E-state index contributed by atoms with van der Waals surface area (Å²) < 4.78 is 5.18. The lowest BCUT2D eigenvalue weighted by molar-refractivity contribution is -0.116. The summed E-state index contributed by atoms with van der Waals surface area (Å²) in [5, 5.41) is 8.59. The van der Waals surface area contributed by atoms with E-state index in [0.717, 1.165) is 0 Å². The average molecular weight is 253 g/mol. The molecule has 0 bridgehead atoms. The fraction of sp³-hybridized carbons (Fsp3) is 0.333. The van der Waals surface area contributed by atoms with E-state index in [1.807, 2.05) is 12.1 Å². The third kappa shape index (κ3) is 3.36. The highest BCUT2D eigenvalue weighted by Gasteiger charge is 2.17. The van der Waals surface area contributed by atoms with E-state index in [4.69, 9.17) is 21.6 Å². The Labute approximate surface area is 105 Å². The molecule has 1 rings (SSSR count). The van der Waals surface area contributed by atoms with Crippen LogP contribution in [0, 0.1) is 11.3 Å². The van der Waals surface area contributed by atoms with Crippen molar-refractivity contribution in [3.8, 4) is 11.8 Å². The van der Waals surface area contributed by atoms with Crippen LogP contribution in [-0.2, 0) is 4.79 Å². The van der Waals surface area contributed by atoms with Crippen LogP contribution in [0.3, 0.4) is 0 Å². The highest BCUT2D eigenvalue weighted by Crippen LogP contribution is 2.27. The average Bonchev–Trinajstić information content (AvgIpc) is 2.39. The molecule has 17 heavy (non-hydrogen) atoms. The number of halogens is 1. The lowest BCUT2D eigenvalue weighted by atomic mass is 10.2. The topological polar surface area (TPSA) is 53.3 Å². The number of amides is 1. The predicted octanol–water partition coefficient (Wildman–Crippen LogP) is 2.18. The van der Waals surface area contributed by atoms with E-state index >= 15 is 0 Å². The first-order valence-corrected chi connectivity index (χ1v) is 5.64. The van der Waals surface area contributed by atoms with Gasteiger partial charge in [0, 0.05) is 6.54 Å². The molecule has 4 nitrogen and oxygen atoms in total. The first-order chi connectivity index (χ1) is 8.24. The lowest BCUT2D eigenvalue weighted by Gasteiger charge is -2.22. The Bertz CT molecular complexity index is 429. The van der Waals surface area contributed by atoms with Gasteiger partial charge in [0.25, 0.3) is 0 Å². The van der Waals surface area contributed by atoms with Crippen molar-refractivity contribution in [2.24, 2.45) is 0 Å². The summed E-state index contributed by atoms with van der Waals surface area (Å²) in [5.74, 6) is 0.221. The third-order valence-electron chi connectivity index (χ3n) is 2.24. The minimum Gasteiger partial charge on any atom is -0.495 e. The number of benzene rings is 1. The van der Waals surface area contributed by atoms with E-state index in [0.29, 0.717) is 18.0 Å². The van der Waals surface area contributed by atoms with Gasteiger partial charge >= 0.3 is 0 Å². The maximum absolute atomic E-state index is 11.7. The number of methoxy groups -OCH3 is 1. The summed E-state index contributed by atoms with van der Waals surface area (Å²) in [6.07, 6.45) is 0.251. The zero-order valence-electron chi connectivity index (χ0n) is 9.52. The van der Waals surface area contributed by atoms with Crippen LogP contribution in [0.2, 0.25) is 0 Å². The molecule has 90 valence electrons. The molecule has 0 radical (unpaired) electrons. The molecule has 1 aromatic carbocycles. The van der Waals surface area contributed by atoms with Crippen molar-refractivity contribution in [1.29, 1.82) is 5.26 Å². The van der Waals surface area contributed by atoms with Gasteiger partial charge < -0.3 is 9.64 Å². The number of para-hydroxylation sites is 2. The maximum atomic E-state index is 11.7. The van der Waals surface area contributed by atoms with Gasteiger partial charge in [-0.3, -0.25) is 4.79 Å². The zero-order chi connectivity index (χ0) is 12.7. The number of hydrogen-bond acceptors (Lipinski definition) is 3. The lowest BCUT2D eigenvalue weighted by Crippen LogP contribution is -2.33. The fourth-order valence-corrected chi connectivity index (χ4v) is 1.61. The Morgan fingerprint density at radius 2 is 2.24 bits per heavy atom. The molecule has 0 aromatic heterocycles. The molecule has 0 aliphatic carbocycles. The highest BCUT2D eigenvalue weighted by molar-refractivity contribution is 6.29. The molecule has 0 aliphatic heterocycles. The van der Waals surface area contributed by atoms with Crippen LogP contribution in [-0.4, -0.2) is 25.4 Å². The first-order valence-electron chi connectivity index (χ1n) is 5.11. The smallest absolute Gasteiger partial charge is 0.242 e. The molecule has 0 saturated heterocycles. The van der Waals surface area contributed by atoms with E-state index in [1.165, 1.54) is 12.0 Å². The molecule has 0 atom stereocenters. The molecule has 0 heterocycles. The SMILES string of the molecule is COc1ccccc1N(CCC#N)C(=O)CCl. The molecule has 0 N–H and O–H groups in total. The summed E-state index contributed by atoms with van der Waals surface area (Å²) in [5.41, 5.74) is 0.635. The minimum atomic E-state index is -0.244. The Hall–Kier alpha value is -1.73. The van der Waals surface area contributed by atoms with Gasteiger partial charge in [0.2, 0.25) is 5.91 Å². The number of anilines is 1. The monoisotopic (exact) mass is 252 g/mol. The Morgan fingerprint density at radius 3 is 2.82 bits per heavy atom. The summed E-state index contributed by atoms with van der Waals surface area (Å²) in [6, 6.07) is 9.15. The number of ether oxygens (including phenoxy) is 1. The largest absolute Gasteiger partial charge is 0.495 e. The molecule has 5 heteroatoms. The summed E-state index contributed by atoms with van der Waals surface area (Å²) in [6.45, 7) is 0.308. The van der Waals surface area contributed by atoms with Crippen molar-refractivity contribution in [2.45, 2.75) is 6.42 Å². The number of nitrogens with zero attached hydrogens (tertiary/aromatic N) is 2. The molecule has 0 spiro atoms. The van der Waals surface area contributed by atoms with Crippen LogP contribution < -0.4 is 9.64 Å². The van der Waals surface area contributed by atoms with Gasteiger partial charge in [-0.15, -0.1) is 11.6 Å². The van der Waals surface area contributed by atoms with Gasteiger partial charge in [0.05, 0.1) is 25.3 Å². The second-order valence-corrected chi connectivity index (χ2v) is 3.53. The molecule has 0 saturated carbocycles. The quantitative estimate of drug-likeness (QED) is 0.755. The number of carbonyl (C=O) groups is 1. The molecule has 1 aromatic rings. The van der Waals surface area contributed by atoms with Crippen LogP contribution in [0.1, 0.15) is 6.42 Å². The van der Waals surface area contributed by atoms with Gasteiger partial charge in [-0.2, -0.15) is 5.26 Å². The fourth-order valence-electron chi connectivity index (χ4n) is 1.47. The second kappa shape index (κ2) is 6.77. The van der Waals surface area contributed by atoms with Crippen molar-refractivity contribution in [1.82, 2.24) is 0 Å². The molecule has 0 unspecified atom stereocenters. The van der Waals surface area contributed by atoms with E-state index in [9.17, 15) is 4.79 Å². The van der Waals surface area contributed by atoms with E-state index in [-0.39, 0.29) is 18.2 Å². The first kappa shape index (κ1) is 13.3. The minimum absolute atomic E-state index is 0.122. The van der Waals surface area contributed by atoms with Crippen LogP contribution in [0.4, 0.5) is 5.69 Å². The third-order valence-corrected chi connectivity index (χ3v) is 2.47. The number of nitriles is 1. The van der Waals surface area contributed by atoms with Gasteiger partial charge in [0.15, 0.2) is 0 Å². The van der Waals surface area contributed by atoms with Crippen LogP contribution in [0.5, 0.6) is 5.75 Å². The van der Waals surface area contributed by atoms with Crippen molar-refractivity contribution in [3.63, 3.8) is 0 Å². The molecular formula is C12H13ClN2O2. The van der Waals surface area contributed by atoms with E-state index in [1.54, 1.807) is 18.2 Å². The summed E-state index contributed by atoms with van der Waals surface area (Å²) in [4.78, 5) is 13.2. The van der Waals surface area contributed by atoms with E-state index < -0.39 is 0 Å². The number of carbonyl (C=O) groups excluding carboxylic acids is 1. The Morgan fingerprint density at radius 1 is 1.53 bits per heavy atom. The van der Waals surface area contributed by atoms with Crippen molar-refractivity contribution in [2.75, 3.05) is 24.4 Å². The van der Waals surface area contributed by atoms with Crippen molar-refractivity contribution < 1.29 is 9.53 Å². The van der Waals surface area contributed by atoms with Crippen molar-refractivity contribution >= 4 is 23.2 Å². The maximum Gasteiger partial charge on any atom is 0.242 e. The molecular weight excluding hydrogens is 240 g/mol. The van der Waals surface area contributed by atoms with Crippen molar-refractivity contribution in [3.05, 3.63) is 24.3 Å². The number of hydrogen-bond donors (Lipinski definition) is 0. The Kier molecular flexibility index (Phi) is 5.31. The van der Waals surface area contributed by atoms with Gasteiger partial charge in [-0.25, -0.2) is 0 Å². The summed E-state index contributed by atoms with van der Waals surface area (Å²) >= 11 is 5.56. The van der Waals surface area contributed by atoms with Crippen LogP contribution >= 0.6 is 11.6 Å². The summed E-state index contributed by atoms with van der Waals surface area (Å²) in [7, 11) is 1.53. The van der Waals surface area contributed by atoms with Crippen LogP contribution in [0.25, 0.3) is 0 Å². The molecule has 0 fully saturated rings. The zero-order valence-corrected chi connectivity index (χ0v) is 10.3. The molecule has 0 aliphatic rings. The predicted molar refractivity (Wildman–Crippen MR) is 66.3 cm³/mol. The normalized spacial score (nSPS) is 9.47. The standard InChI is InChI=1S/C12H13ClN2O2/c1-17-11-6-3-2-5-10(11)15(8-4-7-14)12(16)9-13/h2-3,5-6H,4,8-9H2,1H3. The number of rotatable bonds is 5. The van der Waals surface area contributed by atoms with Crippen LogP contribution in [0.15, 0.2) is 24.3 Å². The van der Waals surface area contributed by atoms with Gasteiger partial charge in [0.1, 0.15) is 11.6 Å². The van der Waals surface area contributed by atoms with E-state index in [2.05, 4.69) is 0 Å². The molecule has 1 amide bonds.